The van der Waals surface area contributed by atoms with Crippen molar-refractivity contribution in [2.24, 2.45) is 0 Å². The highest BCUT2D eigenvalue weighted by molar-refractivity contribution is 6.47. The van der Waals surface area contributed by atoms with Gasteiger partial charge < -0.3 is 19.9 Å². The van der Waals surface area contributed by atoms with Crippen molar-refractivity contribution in [3.63, 3.8) is 0 Å². The van der Waals surface area contributed by atoms with Crippen molar-refractivity contribution in [1.29, 1.82) is 0 Å². The smallest absolute Gasteiger partial charge is 0.204 e. The summed E-state index contributed by atoms with van der Waals surface area (Å²) in [4.78, 5) is 12.6. The molecule has 132 valence electrons. The first-order chi connectivity index (χ1) is 12.0. The number of nitrogens with two attached hydrogens (primary N) is 1. The minimum Gasteiger partial charge on any atom is -0.497 e. The van der Waals surface area contributed by atoms with Crippen LogP contribution in [0.5, 0.6) is 17.2 Å². The number of benzene rings is 2. The summed E-state index contributed by atoms with van der Waals surface area (Å²) < 4.78 is 15.9. The Bertz CT molecular complexity index is 802. The van der Waals surface area contributed by atoms with Gasteiger partial charge in [-0.3, -0.25) is 4.79 Å². The van der Waals surface area contributed by atoms with E-state index in [4.69, 9.17) is 31.5 Å². The average Bonchev–Trinajstić information content (AvgIpc) is 2.63. The number of anilines is 1. The number of nitrogen functional groups attached to an aromatic ring is 1. The van der Waals surface area contributed by atoms with E-state index < -0.39 is 0 Å². The monoisotopic (exact) mass is 361 g/mol. The predicted molar refractivity (Wildman–Crippen MR) is 99.7 cm³/mol. The molecule has 0 aliphatic heterocycles. The van der Waals surface area contributed by atoms with Gasteiger partial charge in [-0.1, -0.05) is 11.6 Å². The van der Waals surface area contributed by atoms with Gasteiger partial charge in [0.05, 0.1) is 31.5 Å². The fourth-order valence-corrected chi connectivity index (χ4v) is 2.47. The van der Waals surface area contributed by atoms with E-state index >= 15 is 0 Å². The molecule has 25 heavy (non-hydrogen) atoms. The van der Waals surface area contributed by atoms with Crippen LogP contribution < -0.4 is 19.9 Å². The minimum atomic E-state index is -0.340. The molecule has 2 aromatic carbocycles. The fraction of sp³-hybridized carbons (Fsp3) is 0.211. The van der Waals surface area contributed by atoms with Crippen LogP contribution in [0.2, 0.25) is 0 Å². The Morgan fingerprint density at radius 1 is 1.12 bits per heavy atom. The molecule has 0 aliphatic rings. The summed E-state index contributed by atoms with van der Waals surface area (Å²) in [5.74, 6) is 1.33. The second-order valence-electron chi connectivity index (χ2n) is 5.11. The number of hydrogen-bond donors (Lipinski definition) is 1. The molecule has 0 spiro atoms. The van der Waals surface area contributed by atoms with Crippen molar-refractivity contribution in [2.45, 2.75) is 6.92 Å². The number of rotatable bonds is 7. The highest BCUT2D eigenvalue weighted by Gasteiger charge is 2.14. The van der Waals surface area contributed by atoms with E-state index in [0.717, 1.165) is 0 Å². The number of ether oxygens (including phenoxy) is 3. The first-order valence-electron chi connectivity index (χ1n) is 7.66. The van der Waals surface area contributed by atoms with Crippen LogP contribution in [0.1, 0.15) is 22.8 Å². The van der Waals surface area contributed by atoms with Crippen LogP contribution >= 0.6 is 11.6 Å². The first kappa shape index (κ1) is 18.7. The number of carbonyl (C=O) groups excluding carboxylic acids is 1. The van der Waals surface area contributed by atoms with Gasteiger partial charge in [0, 0.05) is 11.1 Å². The lowest BCUT2D eigenvalue weighted by Crippen LogP contribution is -2.03. The van der Waals surface area contributed by atoms with Gasteiger partial charge in [0.15, 0.2) is 0 Å². The van der Waals surface area contributed by atoms with Crippen LogP contribution in [0.3, 0.4) is 0 Å². The molecule has 0 aromatic heterocycles. The molecule has 0 amide bonds. The van der Waals surface area contributed by atoms with Crippen molar-refractivity contribution in [3.8, 4) is 17.2 Å². The zero-order valence-electron chi connectivity index (χ0n) is 14.3. The molecule has 0 radical (unpaired) electrons. The van der Waals surface area contributed by atoms with Crippen LogP contribution in [0.4, 0.5) is 5.69 Å². The molecule has 0 bridgehead atoms. The van der Waals surface area contributed by atoms with Crippen LogP contribution in [0, 0.1) is 0 Å². The zero-order chi connectivity index (χ0) is 18.4. The number of methoxy groups -OCH3 is 2. The summed E-state index contributed by atoms with van der Waals surface area (Å²) in [6.45, 7) is 2.29. The average molecular weight is 362 g/mol. The number of carbonyl (C=O) groups is 1. The molecule has 0 saturated carbocycles. The first-order valence-corrected chi connectivity index (χ1v) is 8.04. The van der Waals surface area contributed by atoms with E-state index in [0.29, 0.717) is 40.7 Å². The SMILES string of the molecule is CCOc1cc(C(=O)C(Cl)=Cc2cc(OC)ccc2OC)ccc1N. The molecule has 0 heterocycles. The van der Waals surface area contributed by atoms with Crippen LogP contribution in [-0.2, 0) is 0 Å². The Labute approximate surface area is 151 Å². The zero-order valence-corrected chi connectivity index (χ0v) is 15.1. The molecular weight excluding hydrogens is 342 g/mol. The third-order valence-corrected chi connectivity index (χ3v) is 3.79. The second kappa shape index (κ2) is 8.44. The fourth-order valence-electron chi connectivity index (χ4n) is 2.25. The molecular formula is C19H20ClNO4. The third-order valence-electron chi connectivity index (χ3n) is 3.51. The molecule has 2 N–H and O–H groups in total. The van der Waals surface area contributed by atoms with Crippen molar-refractivity contribution in [2.75, 3.05) is 26.6 Å². The Balaban J connectivity index is 2.37. The summed E-state index contributed by atoms with van der Waals surface area (Å²) in [7, 11) is 3.11. The van der Waals surface area contributed by atoms with Gasteiger partial charge in [-0.15, -0.1) is 0 Å². The highest BCUT2D eigenvalue weighted by Crippen LogP contribution is 2.29. The maximum Gasteiger partial charge on any atom is 0.204 e. The lowest BCUT2D eigenvalue weighted by molar-refractivity contribution is 0.104. The lowest BCUT2D eigenvalue weighted by Gasteiger charge is -2.09. The summed E-state index contributed by atoms with van der Waals surface area (Å²) in [6.07, 6.45) is 1.54. The molecule has 0 fully saturated rings. The van der Waals surface area contributed by atoms with E-state index in [-0.39, 0.29) is 10.8 Å². The van der Waals surface area contributed by atoms with E-state index in [9.17, 15) is 4.79 Å². The molecule has 0 unspecified atom stereocenters. The lowest BCUT2D eigenvalue weighted by atomic mass is 10.1. The molecule has 6 heteroatoms. The quantitative estimate of drug-likeness (QED) is 0.455. The van der Waals surface area contributed by atoms with Crippen molar-refractivity contribution < 1.29 is 19.0 Å². The van der Waals surface area contributed by atoms with Crippen molar-refractivity contribution in [1.82, 2.24) is 0 Å². The van der Waals surface area contributed by atoms with Gasteiger partial charge in [0.25, 0.3) is 0 Å². The van der Waals surface area contributed by atoms with Gasteiger partial charge >= 0.3 is 0 Å². The Morgan fingerprint density at radius 3 is 2.52 bits per heavy atom. The van der Waals surface area contributed by atoms with E-state index in [1.54, 1.807) is 56.7 Å². The van der Waals surface area contributed by atoms with E-state index in [1.807, 2.05) is 6.92 Å². The molecule has 2 rings (SSSR count). The highest BCUT2D eigenvalue weighted by atomic mass is 35.5. The number of Topliss-reactive ketones (excluding diaryl/α,β-unsaturated/α-hetero) is 1. The summed E-state index contributed by atoms with van der Waals surface area (Å²) in [6, 6.07) is 10.1. The topological polar surface area (TPSA) is 70.8 Å². The maximum absolute atomic E-state index is 12.6. The number of halogens is 1. The van der Waals surface area contributed by atoms with Crippen molar-refractivity contribution >= 4 is 29.1 Å². The molecule has 5 nitrogen and oxygen atoms in total. The van der Waals surface area contributed by atoms with E-state index in [2.05, 4.69) is 0 Å². The van der Waals surface area contributed by atoms with Gasteiger partial charge in [-0.05, 0) is 49.4 Å². The Morgan fingerprint density at radius 2 is 1.88 bits per heavy atom. The predicted octanol–water partition coefficient (Wildman–Crippen LogP) is 4.15. The van der Waals surface area contributed by atoms with Gasteiger partial charge in [-0.2, -0.15) is 0 Å². The normalized spacial score (nSPS) is 11.1. The summed E-state index contributed by atoms with van der Waals surface area (Å²) in [5.41, 5.74) is 7.33. The van der Waals surface area contributed by atoms with Crippen molar-refractivity contribution in [3.05, 3.63) is 52.6 Å². The number of allylic oxidation sites excluding steroid dienone is 1. The summed E-state index contributed by atoms with van der Waals surface area (Å²) >= 11 is 6.24. The second-order valence-corrected chi connectivity index (χ2v) is 5.52. The third kappa shape index (κ3) is 4.45. The number of hydrogen-bond acceptors (Lipinski definition) is 5. The molecule has 0 atom stereocenters. The van der Waals surface area contributed by atoms with Crippen LogP contribution in [0.15, 0.2) is 41.4 Å². The molecule has 2 aromatic rings. The Kier molecular flexibility index (Phi) is 6.31. The number of ketones is 1. The van der Waals surface area contributed by atoms with Crippen LogP contribution in [0.25, 0.3) is 6.08 Å². The maximum atomic E-state index is 12.6. The van der Waals surface area contributed by atoms with E-state index in [1.165, 1.54) is 0 Å². The van der Waals surface area contributed by atoms with Crippen LogP contribution in [-0.4, -0.2) is 26.6 Å². The largest absolute Gasteiger partial charge is 0.497 e. The summed E-state index contributed by atoms with van der Waals surface area (Å²) in [5, 5.41) is 0.0405. The standard InChI is InChI=1S/C19H20ClNO4/c1-4-25-18-11-12(5-7-16(18)21)19(22)15(20)10-13-9-14(23-2)6-8-17(13)24-3/h5-11H,4,21H2,1-3H3. The minimum absolute atomic E-state index is 0.0405. The molecule has 0 saturated heterocycles. The Hall–Kier alpha value is -2.66. The van der Waals surface area contributed by atoms with Gasteiger partial charge in [0.1, 0.15) is 17.2 Å². The van der Waals surface area contributed by atoms with Gasteiger partial charge in [0.2, 0.25) is 5.78 Å². The van der Waals surface area contributed by atoms with Gasteiger partial charge in [-0.25, -0.2) is 0 Å². The molecule has 0 aliphatic carbocycles.